The number of methoxy groups -OCH3 is 1. The summed E-state index contributed by atoms with van der Waals surface area (Å²) in [6, 6.07) is 8.77. The monoisotopic (exact) mass is 409 g/mol. The summed E-state index contributed by atoms with van der Waals surface area (Å²) in [4.78, 5) is 42.0. The van der Waals surface area contributed by atoms with Crippen LogP contribution in [0, 0.1) is 6.92 Å². The number of benzene rings is 1. The van der Waals surface area contributed by atoms with Crippen LogP contribution in [0.3, 0.4) is 0 Å². The summed E-state index contributed by atoms with van der Waals surface area (Å²) in [7, 11) is 2.81. The summed E-state index contributed by atoms with van der Waals surface area (Å²) < 4.78 is 12.1. The lowest BCUT2D eigenvalue weighted by Crippen LogP contribution is -2.52. The molecule has 8 nitrogen and oxygen atoms in total. The number of ether oxygens (including phenoxy) is 2. The fourth-order valence-corrected chi connectivity index (χ4v) is 4.43. The molecule has 30 heavy (non-hydrogen) atoms. The van der Waals surface area contributed by atoms with E-state index < -0.39 is 22.9 Å². The van der Waals surface area contributed by atoms with Crippen molar-refractivity contribution in [2.24, 2.45) is 12.8 Å². The summed E-state index contributed by atoms with van der Waals surface area (Å²) in [5, 5.41) is 0. The van der Waals surface area contributed by atoms with Crippen molar-refractivity contribution < 1.29 is 19.1 Å². The van der Waals surface area contributed by atoms with Crippen LogP contribution in [0.2, 0.25) is 0 Å². The molecule has 2 aliphatic rings. The molecular formula is C22H23N3O5. The molecule has 156 valence electrons. The molecule has 0 saturated carbocycles. The van der Waals surface area contributed by atoms with Crippen LogP contribution in [0.25, 0.3) is 0 Å². The van der Waals surface area contributed by atoms with Gasteiger partial charge in [-0.05, 0) is 19.4 Å². The van der Waals surface area contributed by atoms with E-state index in [1.54, 1.807) is 43.1 Å². The van der Waals surface area contributed by atoms with Gasteiger partial charge in [-0.3, -0.25) is 9.59 Å². The van der Waals surface area contributed by atoms with E-state index in [1.807, 2.05) is 13.0 Å². The highest BCUT2D eigenvalue weighted by molar-refractivity contribution is 6.18. The number of nitrogens with two attached hydrogens (primary N) is 1. The Bertz CT molecular complexity index is 1180. The summed E-state index contributed by atoms with van der Waals surface area (Å²) in [5.41, 5.74) is 5.69. The van der Waals surface area contributed by atoms with Gasteiger partial charge < -0.3 is 24.7 Å². The lowest BCUT2D eigenvalue weighted by molar-refractivity contribution is -0.138. The number of hydrogen-bond donors (Lipinski definition) is 1. The third-order valence-electron chi connectivity index (χ3n) is 5.85. The number of pyridine rings is 1. The van der Waals surface area contributed by atoms with E-state index >= 15 is 0 Å². The molecule has 1 unspecified atom stereocenters. The molecule has 1 aromatic heterocycles. The Hall–Kier alpha value is -3.55. The third-order valence-corrected chi connectivity index (χ3v) is 5.85. The number of carbonyl (C=O) groups excluding carboxylic acids is 2. The first kappa shape index (κ1) is 19.8. The van der Waals surface area contributed by atoms with Gasteiger partial charge in [0.15, 0.2) is 0 Å². The Labute approximate surface area is 173 Å². The van der Waals surface area contributed by atoms with E-state index in [2.05, 4.69) is 0 Å². The minimum Gasteiger partial charge on any atom is -0.465 e. The van der Waals surface area contributed by atoms with E-state index in [-0.39, 0.29) is 22.8 Å². The normalized spacial score (nSPS) is 19.6. The smallest absolute Gasteiger partial charge is 0.340 e. The second-order valence-electron chi connectivity index (χ2n) is 7.45. The molecule has 8 heteroatoms. The third kappa shape index (κ3) is 2.30. The van der Waals surface area contributed by atoms with Gasteiger partial charge in [-0.25, -0.2) is 4.79 Å². The number of nitrogens with zero attached hydrogens (tertiary/aromatic N) is 2. The maximum atomic E-state index is 14.0. The number of esters is 1. The minimum atomic E-state index is -1.74. The van der Waals surface area contributed by atoms with E-state index in [4.69, 9.17) is 15.2 Å². The molecule has 0 aliphatic carbocycles. The Kier molecular flexibility index (Phi) is 4.45. The van der Waals surface area contributed by atoms with Gasteiger partial charge in [0.25, 0.3) is 5.56 Å². The molecule has 1 amide bonds. The van der Waals surface area contributed by atoms with Gasteiger partial charge in [-0.2, -0.15) is 0 Å². The fourth-order valence-electron chi connectivity index (χ4n) is 4.43. The SMILES string of the molecule is CCCN1C(=O)C2(C(C(=O)OC)=C(N)Oc3cc(C)n(C)c(=O)c32)c2ccccc21. The first-order valence-electron chi connectivity index (χ1n) is 9.69. The molecule has 0 radical (unpaired) electrons. The molecule has 1 aromatic carbocycles. The molecule has 4 rings (SSSR count). The van der Waals surface area contributed by atoms with Crippen LogP contribution in [0.4, 0.5) is 5.69 Å². The van der Waals surface area contributed by atoms with Crippen molar-refractivity contribution in [2.45, 2.75) is 25.7 Å². The molecule has 3 heterocycles. The molecule has 2 aromatic rings. The highest BCUT2D eigenvalue weighted by atomic mass is 16.5. The van der Waals surface area contributed by atoms with Crippen LogP contribution >= 0.6 is 0 Å². The molecule has 1 atom stereocenters. The maximum absolute atomic E-state index is 14.0. The van der Waals surface area contributed by atoms with Gasteiger partial charge in [0.2, 0.25) is 11.8 Å². The Morgan fingerprint density at radius 3 is 2.63 bits per heavy atom. The zero-order chi connectivity index (χ0) is 21.8. The molecule has 0 saturated heterocycles. The first-order valence-corrected chi connectivity index (χ1v) is 9.69. The van der Waals surface area contributed by atoms with Gasteiger partial charge >= 0.3 is 5.97 Å². The number of aryl methyl sites for hydroxylation is 1. The predicted octanol–water partition coefficient (Wildman–Crippen LogP) is 1.47. The highest BCUT2D eigenvalue weighted by Gasteiger charge is 2.62. The zero-order valence-corrected chi connectivity index (χ0v) is 17.3. The van der Waals surface area contributed by atoms with Gasteiger partial charge in [0.05, 0.1) is 12.7 Å². The van der Waals surface area contributed by atoms with Crippen molar-refractivity contribution in [3.8, 4) is 5.75 Å². The molecule has 0 fully saturated rings. The van der Waals surface area contributed by atoms with Crippen molar-refractivity contribution in [1.29, 1.82) is 0 Å². The average Bonchev–Trinajstić information content (AvgIpc) is 2.95. The van der Waals surface area contributed by atoms with Gasteiger partial charge in [0.1, 0.15) is 16.7 Å². The highest BCUT2D eigenvalue weighted by Crippen LogP contribution is 2.54. The predicted molar refractivity (Wildman–Crippen MR) is 110 cm³/mol. The van der Waals surface area contributed by atoms with Crippen LogP contribution in [0.15, 0.2) is 46.6 Å². The lowest BCUT2D eigenvalue weighted by atomic mass is 9.68. The lowest BCUT2D eigenvalue weighted by Gasteiger charge is -2.35. The number of aromatic nitrogens is 1. The number of hydrogen-bond acceptors (Lipinski definition) is 6. The quantitative estimate of drug-likeness (QED) is 0.770. The Morgan fingerprint density at radius 2 is 1.97 bits per heavy atom. The topological polar surface area (TPSA) is 104 Å². The number of rotatable bonds is 3. The van der Waals surface area contributed by atoms with E-state index in [1.165, 1.54) is 11.7 Å². The zero-order valence-electron chi connectivity index (χ0n) is 17.3. The summed E-state index contributed by atoms with van der Waals surface area (Å²) in [6.45, 7) is 4.13. The van der Waals surface area contributed by atoms with E-state index in [0.29, 0.717) is 29.9 Å². The van der Waals surface area contributed by atoms with Crippen LogP contribution in [0.5, 0.6) is 5.75 Å². The van der Waals surface area contributed by atoms with Crippen molar-refractivity contribution in [3.05, 3.63) is 69.0 Å². The summed E-state index contributed by atoms with van der Waals surface area (Å²) in [5.74, 6) is -1.31. The number of amides is 1. The number of fused-ring (bicyclic) bond motifs is 4. The van der Waals surface area contributed by atoms with Crippen LogP contribution < -0.4 is 20.9 Å². The molecule has 0 bridgehead atoms. The number of para-hydroxylation sites is 1. The maximum Gasteiger partial charge on any atom is 0.340 e. The van der Waals surface area contributed by atoms with E-state index in [0.717, 1.165) is 0 Å². The van der Waals surface area contributed by atoms with Crippen molar-refractivity contribution in [2.75, 3.05) is 18.6 Å². The van der Waals surface area contributed by atoms with Crippen molar-refractivity contribution >= 4 is 17.6 Å². The minimum absolute atomic E-state index is 0.0706. The first-order chi connectivity index (χ1) is 14.3. The Balaban J connectivity index is 2.21. The van der Waals surface area contributed by atoms with Gasteiger partial charge in [-0.15, -0.1) is 0 Å². The second kappa shape index (κ2) is 6.76. The fraction of sp³-hybridized carbons (Fsp3) is 0.318. The second-order valence-corrected chi connectivity index (χ2v) is 7.45. The number of anilines is 1. The summed E-state index contributed by atoms with van der Waals surface area (Å²) in [6.07, 6.45) is 0.693. The van der Waals surface area contributed by atoms with Crippen LogP contribution in [-0.4, -0.2) is 30.1 Å². The summed E-state index contributed by atoms with van der Waals surface area (Å²) >= 11 is 0. The van der Waals surface area contributed by atoms with Gasteiger partial charge in [-0.1, -0.05) is 25.1 Å². The molecule has 2 aliphatic heterocycles. The van der Waals surface area contributed by atoms with Crippen LogP contribution in [0.1, 0.15) is 30.2 Å². The van der Waals surface area contributed by atoms with Crippen molar-refractivity contribution in [1.82, 2.24) is 4.57 Å². The van der Waals surface area contributed by atoms with Gasteiger partial charge in [0, 0.05) is 36.6 Å². The standard InChI is InChI=1S/C22H23N3O5/c1-5-10-25-14-9-7-6-8-13(14)22(21(25)28)16-15(11-12(2)24(3)19(16)26)30-18(23)17(22)20(27)29-4/h6-9,11H,5,10,23H2,1-4H3. The largest absolute Gasteiger partial charge is 0.465 e. The molecule has 1 spiro atoms. The number of carbonyl (C=O) groups is 2. The van der Waals surface area contributed by atoms with Crippen molar-refractivity contribution in [3.63, 3.8) is 0 Å². The van der Waals surface area contributed by atoms with E-state index in [9.17, 15) is 14.4 Å². The average molecular weight is 409 g/mol. The Morgan fingerprint density at radius 1 is 1.27 bits per heavy atom. The molecular weight excluding hydrogens is 386 g/mol. The van der Waals surface area contributed by atoms with Crippen LogP contribution in [-0.2, 0) is 26.8 Å². The molecule has 2 N–H and O–H groups in total.